The molecule has 2 amide bonds. The van der Waals surface area contributed by atoms with Gasteiger partial charge < -0.3 is 10.2 Å². The van der Waals surface area contributed by atoms with Crippen LogP contribution in [0.2, 0.25) is 10.0 Å². The van der Waals surface area contributed by atoms with Crippen LogP contribution < -0.4 is 10.2 Å². The van der Waals surface area contributed by atoms with Crippen LogP contribution in [0.1, 0.15) is 19.3 Å². The molecule has 4 nitrogen and oxygen atoms in total. The Labute approximate surface area is 151 Å². The fourth-order valence-corrected chi connectivity index (χ4v) is 2.51. The van der Waals surface area contributed by atoms with E-state index >= 15 is 0 Å². The molecule has 0 heterocycles. The van der Waals surface area contributed by atoms with Crippen LogP contribution in [0.25, 0.3) is 0 Å². The lowest BCUT2D eigenvalue weighted by Gasteiger charge is -2.17. The monoisotopic (exact) mass is 364 g/mol. The molecule has 0 saturated heterocycles. The predicted octanol–water partition coefficient (Wildman–Crippen LogP) is 4.77. The number of rotatable bonds is 6. The molecule has 0 aliphatic carbocycles. The molecule has 0 fully saturated rings. The van der Waals surface area contributed by atoms with Crippen LogP contribution >= 0.6 is 23.2 Å². The summed E-state index contributed by atoms with van der Waals surface area (Å²) in [4.78, 5) is 25.7. The van der Waals surface area contributed by atoms with Gasteiger partial charge in [0.15, 0.2) is 0 Å². The van der Waals surface area contributed by atoms with E-state index in [2.05, 4.69) is 5.32 Å². The molecule has 2 rings (SSSR count). The molecule has 0 atom stereocenters. The molecule has 24 heavy (non-hydrogen) atoms. The topological polar surface area (TPSA) is 49.4 Å². The van der Waals surface area contributed by atoms with Crippen LogP contribution in [0.3, 0.4) is 0 Å². The third-order valence-corrected chi connectivity index (χ3v) is 4.08. The lowest BCUT2D eigenvalue weighted by Crippen LogP contribution is -2.26. The summed E-state index contributed by atoms with van der Waals surface area (Å²) in [7, 11) is 1.73. The highest BCUT2D eigenvalue weighted by Crippen LogP contribution is 2.25. The van der Waals surface area contributed by atoms with Gasteiger partial charge in [0.25, 0.3) is 0 Å². The van der Waals surface area contributed by atoms with Crippen molar-refractivity contribution in [1.29, 1.82) is 0 Å². The van der Waals surface area contributed by atoms with Crippen molar-refractivity contribution < 1.29 is 9.59 Å². The van der Waals surface area contributed by atoms with Crippen LogP contribution in [-0.4, -0.2) is 18.9 Å². The summed E-state index contributed by atoms with van der Waals surface area (Å²) in [5.41, 5.74) is 1.31. The zero-order valence-corrected chi connectivity index (χ0v) is 14.8. The van der Waals surface area contributed by atoms with Gasteiger partial charge in [0.2, 0.25) is 11.8 Å². The summed E-state index contributed by atoms with van der Waals surface area (Å²) in [6, 6.07) is 14.2. The number of nitrogens with one attached hydrogen (secondary N) is 1. The van der Waals surface area contributed by atoms with Gasteiger partial charge in [-0.1, -0.05) is 41.4 Å². The molecule has 1 N–H and O–H groups in total. The molecule has 0 aliphatic rings. The normalized spacial score (nSPS) is 10.3. The Bertz CT molecular complexity index is 720. The molecule has 6 heteroatoms. The van der Waals surface area contributed by atoms with Crippen molar-refractivity contribution >= 4 is 46.4 Å². The van der Waals surface area contributed by atoms with Crippen molar-refractivity contribution in [2.24, 2.45) is 0 Å². The first kappa shape index (κ1) is 18.3. The molecule has 0 saturated carbocycles. The highest BCUT2D eigenvalue weighted by molar-refractivity contribution is 6.35. The number of benzene rings is 2. The van der Waals surface area contributed by atoms with Crippen molar-refractivity contribution in [2.75, 3.05) is 17.3 Å². The third-order valence-electron chi connectivity index (χ3n) is 3.51. The van der Waals surface area contributed by atoms with Crippen molar-refractivity contribution in [3.63, 3.8) is 0 Å². The first-order valence-electron chi connectivity index (χ1n) is 7.54. The lowest BCUT2D eigenvalue weighted by atomic mass is 10.2. The predicted molar refractivity (Wildman–Crippen MR) is 98.8 cm³/mol. The zero-order chi connectivity index (χ0) is 17.5. The highest BCUT2D eigenvalue weighted by atomic mass is 35.5. The van der Waals surface area contributed by atoms with Crippen LogP contribution in [0.5, 0.6) is 0 Å². The summed E-state index contributed by atoms with van der Waals surface area (Å²) in [5, 5.41) is 3.62. The summed E-state index contributed by atoms with van der Waals surface area (Å²) < 4.78 is 0. The van der Waals surface area contributed by atoms with Gasteiger partial charge in [-0.15, -0.1) is 0 Å². The van der Waals surface area contributed by atoms with E-state index in [1.807, 2.05) is 30.3 Å². The fourth-order valence-electron chi connectivity index (χ4n) is 2.17. The standard InChI is InChI=1S/C18H18Cl2N2O2/c1-22(14-6-3-2-4-7-14)18(24)9-5-8-17(23)21-16-12-13(19)10-11-15(16)20/h2-4,6-7,10-12H,5,8-9H2,1H3,(H,21,23). The lowest BCUT2D eigenvalue weighted by molar-refractivity contribution is -0.118. The largest absolute Gasteiger partial charge is 0.325 e. The Morgan fingerprint density at radius 1 is 1.04 bits per heavy atom. The number of hydrogen-bond donors (Lipinski definition) is 1. The second kappa shape index (κ2) is 8.71. The first-order chi connectivity index (χ1) is 11.5. The first-order valence-corrected chi connectivity index (χ1v) is 8.29. The average Bonchev–Trinajstić information content (AvgIpc) is 2.58. The average molecular weight is 365 g/mol. The van der Waals surface area contributed by atoms with Gasteiger partial charge in [-0.05, 0) is 36.8 Å². The maximum atomic E-state index is 12.1. The van der Waals surface area contributed by atoms with E-state index in [0.717, 1.165) is 5.69 Å². The van der Waals surface area contributed by atoms with Gasteiger partial charge in [-0.3, -0.25) is 9.59 Å². The molecule has 0 spiro atoms. The minimum Gasteiger partial charge on any atom is -0.325 e. The van der Waals surface area contributed by atoms with Gasteiger partial charge in [-0.2, -0.15) is 0 Å². The molecule has 0 bridgehead atoms. The number of para-hydroxylation sites is 1. The molecule has 2 aromatic carbocycles. The van der Waals surface area contributed by atoms with E-state index in [-0.39, 0.29) is 18.2 Å². The Hall–Kier alpha value is -2.04. The molecular formula is C18H18Cl2N2O2. The smallest absolute Gasteiger partial charge is 0.226 e. The maximum Gasteiger partial charge on any atom is 0.226 e. The molecule has 2 aromatic rings. The number of halogens is 2. The number of nitrogens with zero attached hydrogens (tertiary/aromatic N) is 1. The molecule has 0 aliphatic heterocycles. The third kappa shape index (κ3) is 5.25. The van der Waals surface area contributed by atoms with E-state index in [0.29, 0.717) is 28.6 Å². The van der Waals surface area contributed by atoms with Crippen molar-refractivity contribution in [1.82, 2.24) is 0 Å². The highest BCUT2D eigenvalue weighted by Gasteiger charge is 2.12. The Morgan fingerprint density at radius 2 is 1.75 bits per heavy atom. The molecular weight excluding hydrogens is 347 g/mol. The number of amides is 2. The Balaban J connectivity index is 1.80. The fraction of sp³-hybridized carbons (Fsp3) is 0.222. The van der Waals surface area contributed by atoms with Crippen molar-refractivity contribution in [2.45, 2.75) is 19.3 Å². The summed E-state index contributed by atoms with van der Waals surface area (Å²) >= 11 is 11.9. The van der Waals surface area contributed by atoms with Crippen LogP contribution in [0.4, 0.5) is 11.4 Å². The number of carbonyl (C=O) groups excluding carboxylic acids is 2. The van der Waals surface area contributed by atoms with Crippen LogP contribution in [0, 0.1) is 0 Å². The van der Waals surface area contributed by atoms with Crippen LogP contribution in [-0.2, 0) is 9.59 Å². The zero-order valence-electron chi connectivity index (χ0n) is 13.3. The molecule has 0 aromatic heterocycles. The molecule has 0 unspecified atom stereocenters. The second-order valence-electron chi connectivity index (χ2n) is 5.31. The molecule has 0 radical (unpaired) electrons. The van der Waals surface area contributed by atoms with E-state index in [4.69, 9.17) is 23.2 Å². The summed E-state index contributed by atoms with van der Waals surface area (Å²) in [6.45, 7) is 0. The SMILES string of the molecule is CN(C(=O)CCCC(=O)Nc1cc(Cl)ccc1Cl)c1ccccc1. The van der Waals surface area contributed by atoms with Gasteiger partial charge in [0.05, 0.1) is 10.7 Å². The van der Waals surface area contributed by atoms with E-state index in [1.54, 1.807) is 30.1 Å². The quantitative estimate of drug-likeness (QED) is 0.802. The maximum absolute atomic E-state index is 12.1. The minimum atomic E-state index is -0.200. The van der Waals surface area contributed by atoms with E-state index in [9.17, 15) is 9.59 Å². The van der Waals surface area contributed by atoms with Crippen molar-refractivity contribution in [3.8, 4) is 0 Å². The second-order valence-corrected chi connectivity index (χ2v) is 6.16. The minimum absolute atomic E-state index is 0.0326. The van der Waals surface area contributed by atoms with Gasteiger partial charge >= 0.3 is 0 Å². The number of anilines is 2. The van der Waals surface area contributed by atoms with Gasteiger partial charge in [0.1, 0.15) is 0 Å². The Kier molecular flexibility index (Phi) is 6.64. The summed E-state index contributed by atoms with van der Waals surface area (Å²) in [6.07, 6.45) is 0.985. The van der Waals surface area contributed by atoms with E-state index in [1.165, 1.54) is 0 Å². The van der Waals surface area contributed by atoms with Crippen LogP contribution in [0.15, 0.2) is 48.5 Å². The van der Waals surface area contributed by atoms with Gasteiger partial charge in [-0.25, -0.2) is 0 Å². The van der Waals surface area contributed by atoms with E-state index < -0.39 is 0 Å². The number of hydrogen-bond acceptors (Lipinski definition) is 2. The summed E-state index contributed by atoms with van der Waals surface area (Å²) in [5.74, 6) is -0.232. The molecule has 126 valence electrons. The number of carbonyl (C=O) groups is 2. The Morgan fingerprint density at radius 3 is 2.46 bits per heavy atom. The van der Waals surface area contributed by atoms with Crippen molar-refractivity contribution in [3.05, 3.63) is 58.6 Å². The van der Waals surface area contributed by atoms with Gasteiger partial charge in [0, 0.05) is 30.6 Å².